The Morgan fingerprint density at radius 3 is 2.70 bits per heavy atom. The van der Waals surface area contributed by atoms with E-state index in [1.165, 1.54) is 27.7 Å². The van der Waals surface area contributed by atoms with Gasteiger partial charge in [-0.05, 0) is 42.9 Å². The molecule has 0 spiro atoms. The maximum absolute atomic E-state index is 13.3. The number of H-pyrrole nitrogens is 1. The highest BCUT2D eigenvalue weighted by atomic mass is 32.2. The number of carbonyl (C=O) groups is 1. The van der Waals surface area contributed by atoms with Crippen LogP contribution in [0.25, 0.3) is 0 Å². The number of nitrogens with one attached hydrogen (secondary N) is 1. The number of carbonyl (C=O) groups excluding carboxylic acids is 1. The Hall–Kier alpha value is -2.16. The number of hydrogen-bond acceptors (Lipinski definition) is 4. The van der Waals surface area contributed by atoms with Crippen LogP contribution in [0, 0.1) is 0 Å². The number of amides is 1. The maximum atomic E-state index is 13.3. The van der Waals surface area contributed by atoms with Crippen LogP contribution in [0.2, 0.25) is 0 Å². The van der Waals surface area contributed by atoms with E-state index in [0.29, 0.717) is 38.5 Å². The second-order valence-corrected chi connectivity index (χ2v) is 9.87. The third kappa shape index (κ3) is 4.17. The van der Waals surface area contributed by atoms with Crippen LogP contribution in [0.5, 0.6) is 0 Å². The molecule has 1 atom stereocenters. The first kappa shape index (κ1) is 21.1. The molecule has 1 unspecified atom stereocenters. The molecule has 8 heteroatoms. The van der Waals surface area contributed by atoms with Crippen LogP contribution < -0.4 is 0 Å². The fraction of sp³-hybridized carbons (Fsp3) is 0.500. The molecule has 2 heterocycles. The van der Waals surface area contributed by atoms with E-state index in [4.69, 9.17) is 4.74 Å². The zero-order chi connectivity index (χ0) is 21.1. The molecule has 2 aliphatic rings. The molecule has 1 amide bonds. The van der Waals surface area contributed by atoms with Crippen LogP contribution in [0.3, 0.4) is 0 Å². The number of ether oxygens (including phenoxy) is 1. The minimum absolute atomic E-state index is 0.120. The van der Waals surface area contributed by atoms with Crippen LogP contribution >= 0.6 is 0 Å². The second-order valence-electron chi connectivity index (χ2n) is 7.93. The lowest BCUT2D eigenvalue weighted by Crippen LogP contribution is -2.44. The number of aromatic nitrogens is 1. The van der Waals surface area contributed by atoms with Gasteiger partial charge in [0.15, 0.2) is 0 Å². The largest absolute Gasteiger partial charge is 0.379 e. The summed E-state index contributed by atoms with van der Waals surface area (Å²) in [5.74, 6) is -0.135. The molecule has 4 rings (SSSR count). The first-order valence-electron chi connectivity index (χ1n) is 10.6. The van der Waals surface area contributed by atoms with Gasteiger partial charge in [-0.3, -0.25) is 4.79 Å². The molecule has 1 aliphatic carbocycles. The van der Waals surface area contributed by atoms with Crippen LogP contribution in [-0.4, -0.2) is 67.4 Å². The molecule has 7 nitrogen and oxygen atoms in total. The number of morpholine rings is 1. The first-order chi connectivity index (χ1) is 14.5. The fourth-order valence-electron chi connectivity index (χ4n) is 4.37. The minimum Gasteiger partial charge on any atom is -0.379 e. The predicted octanol–water partition coefficient (Wildman–Crippen LogP) is 2.45. The number of rotatable bonds is 6. The summed E-state index contributed by atoms with van der Waals surface area (Å²) < 4.78 is 32.4. The van der Waals surface area contributed by atoms with Gasteiger partial charge < -0.3 is 14.6 Å². The summed E-state index contributed by atoms with van der Waals surface area (Å²) in [5, 5.41) is 0. The van der Waals surface area contributed by atoms with Gasteiger partial charge in [0.2, 0.25) is 10.0 Å². The van der Waals surface area contributed by atoms with Crippen molar-refractivity contribution >= 4 is 15.9 Å². The Labute approximate surface area is 178 Å². The summed E-state index contributed by atoms with van der Waals surface area (Å²) >= 11 is 0. The van der Waals surface area contributed by atoms with Crippen molar-refractivity contribution in [3.63, 3.8) is 0 Å². The van der Waals surface area contributed by atoms with Crippen LogP contribution in [-0.2, 0) is 27.6 Å². The van der Waals surface area contributed by atoms with Crippen molar-refractivity contribution in [3.05, 3.63) is 53.3 Å². The lowest BCUT2D eigenvalue weighted by Gasteiger charge is -2.35. The van der Waals surface area contributed by atoms with Gasteiger partial charge in [-0.1, -0.05) is 31.2 Å². The van der Waals surface area contributed by atoms with Gasteiger partial charge in [0, 0.05) is 31.9 Å². The smallest absolute Gasteiger partial charge is 0.270 e. The van der Waals surface area contributed by atoms with E-state index in [0.717, 1.165) is 25.7 Å². The Morgan fingerprint density at radius 1 is 1.23 bits per heavy atom. The molecule has 1 aliphatic heterocycles. The third-order valence-electron chi connectivity index (χ3n) is 5.98. The van der Waals surface area contributed by atoms with E-state index in [2.05, 4.69) is 30.1 Å². The van der Waals surface area contributed by atoms with Gasteiger partial charge >= 0.3 is 0 Å². The SMILES string of the molecule is CCCN(C(=O)c1cc(S(=O)(=O)N2CCOCC2)c[nH]1)C1CCc2ccccc2C1. The van der Waals surface area contributed by atoms with E-state index in [1.54, 1.807) is 0 Å². The highest BCUT2D eigenvalue weighted by Crippen LogP contribution is 2.26. The number of sulfonamides is 1. The Morgan fingerprint density at radius 2 is 1.97 bits per heavy atom. The number of aromatic amines is 1. The Balaban J connectivity index is 1.53. The summed E-state index contributed by atoms with van der Waals surface area (Å²) in [7, 11) is -3.63. The summed E-state index contributed by atoms with van der Waals surface area (Å²) in [6.07, 6.45) is 4.99. The van der Waals surface area contributed by atoms with E-state index in [9.17, 15) is 13.2 Å². The molecule has 0 radical (unpaired) electrons. The maximum Gasteiger partial charge on any atom is 0.270 e. The average molecular weight is 432 g/mol. The number of fused-ring (bicyclic) bond motifs is 1. The zero-order valence-corrected chi connectivity index (χ0v) is 18.2. The molecule has 30 heavy (non-hydrogen) atoms. The highest BCUT2D eigenvalue weighted by molar-refractivity contribution is 7.89. The quantitative estimate of drug-likeness (QED) is 0.762. The molecule has 1 N–H and O–H groups in total. The molecular weight excluding hydrogens is 402 g/mol. The Kier molecular flexibility index (Phi) is 6.26. The molecule has 1 aromatic heterocycles. The van der Waals surface area contributed by atoms with Crippen molar-refractivity contribution in [3.8, 4) is 0 Å². The van der Waals surface area contributed by atoms with Crippen LogP contribution in [0.1, 0.15) is 41.4 Å². The minimum atomic E-state index is -3.63. The molecule has 1 aromatic carbocycles. The van der Waals surface area contributed by atoms with Crippen molar-refractivity contribution in [2.75, 3.05) is 32.8 Å². The third-order valence-corrected chi connectivity index (χ3v) is 7.86. The first-order valence-corrected chi connectivity index (χ1v) is 12.1. The summed E-state index contributed by atoms with van der Waals surface area (Å²) in [6.45, 7) is 4.16. The molecule has 162 valence electrons. The van der Waals surface area contributed by atoms with Gasteiger partial charge in [-0.15, -0.1) is 0 Å². The molecule has 2 aromatic rings. The topological polar surface area (TPSA) is 82.7 Å². The normalized spacial score (nSPS) is 20.0. The molecule has 1 saturated heterocycles. The summed E-state index contributed by atoms with van der Waals surface area (Å²) in [4.78, 5) is 18.3. The van der Waals surface area contributed by atoms with Crippen molar-refractivity contribution in [2.24, 2.45) is 0 Å². The van der Waals surface area contributed by atoms with Crippen LogP contribution in [0.15, 0.2) is 41.4 Å². The van der Waals surface area contributed by atoms with Gasteiger partial charge in [0.05, 0.1) is 13.2 Å². The number of benzene rings is 1. The number of nitrogens with zero attached hydrogens (tertiary/aromatic N) is 2. The van der Waals surface area contributed by atoms with Crippen molar-refractivity contribution < 1.29 is 17.9 Å². The number of hydrogen-bond donors (Lipinski definition) is 1. The van der Waals surface area contributed by atoms with E-state index >= 15 is 0 Å². The lowest BCUT2D eigenvalue weighted by atomic mass is 9.87. The molecular formula is C22H29N3O4S. The van der Waals surface area contributed by atoms with Gasteiger partial charge in [-0.25, -0.2) is 8.42 Å². The van der Waals surface area contributed by atoms with E-state index in [1.807, 2.05) is 11.0 Å². The summed E-state index contributed by atoms with van der Waals surface area (Å²) in [6, 6.07) is 10.00. The standard InChI is InChI=1S/C22H29N3O4S/c1-2-9-25(19-8-7-17-5-3-4-6-18(17)14-19)22(26)21-15-20(16-23-21)30(27,28)24-10-12-29-13-11-24/h3-6,15-16,19,23H,2,7-14H2,1H3. The Bertz CT molecular complexity index is 995. The van der Waals surface area contributed by atoms with Crippen LogP contribution in [0.4, 0.5) is 0 Å². The van der Waals surface area contributed by atoms with Crippen molar-refractivity contribution in [1.29, 1.82) is 0 Å². The molecule has 0 saturated carbocycles. The molecule has 1 fully saturated rings. The van der Waals surface area contributed by atoms with Gasteiger partial charge in [0.1, 0.15) is 10.6 Å². The fourth-order valence-corrected chi connectivity index (χ4v) is 5.78. The second kappa shape index (κ2) is 8.91. The van der Waals surface area contributed by atoms with E-state index < -0.39 is 10.0 Å². The van der Waals surface area contributed by atoms with Gasteiger partial charge in [-0.2, -0.15) is 4.31 Å². The number of aryl methyl sites for hydroxylation is 1. The van der Waals surface area contributed by atoms with E-state index in [-0.39, 0.29) is 16.8 Å². The van der Waals surface area contributed by atoms with Crippen molar-refractivity contribution in [2.45, 2.75) is 43.5 Å². The zero-order valence-electron chi connectivity index (χ0n) is 17.3. The summed E-state index contributed by atoms with van der Waals surface area (Å²) in [5.41, 5.74) is 2.98. The highest BCUT2D eigenvalue weighted by Gasteiger charge is 2.31. The van der Waals surface area contributed by atoms with Crippen molar-refractivity contribution in [1.82, 2.24) is 14.2 Å². The monoisotopic (exact) mass is 431 g/mol. The lowest BCUT2D eigenvalue weighted by molar-refractivity contribution is 0.0656. The predicted molar refractivity (Wildman–Crippen MR) is 114 cm³/mol. The average Bonchev–Trinajstić information content (AvgIpc) is 3.28. The van der Waals surface area contributed by atoms with Gasteiger partial charge in [0.25, 0.3) is 5.91 Å². The molecule has 0 bridgehead atoms.